The molecule has 3 N–H and O–H groups in total. The fourth-order valence-corrected chi connectivity index (χ4v) is 1.56. The van der Waals surface area contributed by atoms with Gasteiger partial charge in [-0.25, -0.2) is 4.98 Å². The van der Waals surface area contributed by atoms with E-state index in [0.717, 1.165) is 0 Å². The minimum Gasteiger partial charge on any atom is -0.433 e. The maximum absolute atomic E-state index is 12.3. The molecule has 0 bridgehead atoms. The van der Waals surface area contributed by atoms with Crippen molar-refractivity contribution >= 4 is 17.5 Å². The van der Waals surface area contributed by atoms with E-state index in [1.165, 1.54) is 6.07 Å². The highest BCUT2D eigenvalue weighted by atomic mass is 19.3. The Hall–Kier alpha value is -2.44. The molecule has 1 aromatic carbocycles. The van der Waals surface area contributed by atoms with Crippen LogP contribution in [-0.4, -0.2) is 16.6 Å². The quantitative estimate of drug-likeness (QED) is 0.890. The molecule has 0 unspecified atom stereocenters. The van der Waals surface area contributed by atoms with Crippen molar-refractivity contribution in [2.75, 3.05) is 11.1 Å². The zero-order valence-electron chi connectivity index (χ0n) is 10.1. The molecule has 0 saturated carbocycles. The van der Waals surface area contributed by atoms with Gasteiger partial charge in [0.25, 0.3) is 0 Å². The topological polar surface area (TPSA) is 73.1 Å². The first kappa shape index (κ1) is 13.0. The molecule has 19 heavy (non-hydrogen) atoms. The van der Waals surface area contributed by atoms with E-state index in [-0.39, 0.29) is 11.7 Å². The minimum absolute atomic E-state index is 0.0346. The normalized spacial score (nSPS) is 10.5. The number of nitrogens with zero attached hydrogens (tertiary/aromatic N) is 2. The van der Waals surface area contributed by atoms with Crippen LogP contribution in [0.1, 0.15) is 5.69 Å². The van der Waals surface area contributed by atoms with Crippen molar-refractivity contribution in [1.82, 2.24) is 9.97 Å². The average Bonchev–Trinajstić information content (AvgIpc) is 2.29. The van der Waals surface area contributed by atoms with Gasteiger partial charge in [0.15, 0.2) is 0 Å². The van der Waals surface area contributed by atoms with Crippen LogP contribution in [0.5, 0.6) is 5.75 Å². The molecule has 0 fully saturated rings. The Morgan fingerprint density at radius 2 is 2.00 bits per heavy atom. The monoisotopic (exact) mass is 266 g/mol. The largest absolute Gasteiger partial charge is 0.433 e. The number of anilines is 3. The van der Waals surface area contributed by atoms with Gasteiger partial charge < -0.3 is 15.8 Å². The number of benzene rings is 1. The first-order valence-electron chi connectivity index (χ1n) is 5.46. The fraction of sp³-hybridized carbons (Fsp3) is 0.167. The Bertz CT molecular complexity index is 557. The molecule has 2 aromatic rings. The number of hydrogen-bond acceptors (Lipinski definition) is 5. The number of ether oxygens (including phenoxy) is 1. The standard InChI is InChI=1S/C12H12F2N4O/c1-7-6-10(18-12(15)16-7)17-8-4-2-3-5-9(8)19-11(13)14/h2-6,11H,1H3,(H3,15,16,17,18). The predicted octanol–water partition coefficient (Wildman–Crippen LogP) is 2.71. The zero-order valence-corrected chi connectivity index (χ0v) is 10.1. The van der Waals surface area contributed by atoms with E-state index >= 15 is 0 Å². The molecule has 0 aliphatic rings. The number of para-hydroxylation sites is 2. The van der Waals surface area contributed by atoms with Crippen LogP contribution < -0.4 is 15.8 Å². The molecule has 0 aliphatic carbocycles. The van der Waals surface area contributed by atoms with Crippen LogP contribution in [0.3, 0.4) is 0 Å². The van der Waals surface area contributed by atoms with Crippen LogP contribution in [-0.2, 0) is 0 Å². The van der Waals surface area contributed by atoms with Gasteiger partial charge in [0, 0.05) is 11.8 Å². The molecular weight excluding hydrogens is 254 g/mol. The van der Waals surface area contributed by atoms with Crippen molar-refractivity contribution in [2.24, 2.45) is 0 Å². The van der Waals surface area contributed by atoms with E-state index in [1.807, 2.05) is 0 Å². The number of alkyl halides is 2. The third kappa shape index (κ3) is 3.51. The van der Waals surface area contributed by atoms with Crippen LogP contribution in [0.25, 0.3) is 0 Å². The Morgan fingerprint density at radius 3 is 2.68 bits per heavy atom. The highest BCUT2D eigenvalue weighted by Gasteiger charge is 2.10. The number of nitrogen functional groups attached to an aromatic ring is 1. The van der Waals surface area contributed by atoms with E-state index in [9.17, 15) is 8.78 Å². The number of aromatic nitrogens is 2. The van der Waals surface area contributed by atoms with Gasteiger partial charge in [-0.1, -0.05) is 12.1 Å². The number of hydrogen-bond donors (Lipinski definition) is 2. The highest BCUT2D eigenvalue weighted by Crippen LogP contribution is 2.28. The molecule has 0 radical (unpaired) electrons. The van der Waals surface area contributed by atoms with Crippen LogP contribution in [0, 0.1) is 6.92 Å². The summed E-state index contributed by atoms with van der Waals surface area (Å²) in [4.78, 5) is 7.88. The minimum atomic E-state index is -2.89. The van der Waals surface area contributed by atoms with Gasteiger partial charge in [0.2, 0.25) is 5.95 Å². The third-order valence-electron chi connectivity index (χ3n) is 2.24. The summed E-state index contributed by atoms with van der Waals surface area (Å²) in [5.74, 6) is 0.553. The lowest BCUT2D eigenvalue weighted by Gasteiger charge is -2.12. The Labute approximate surface area is 108 Å². The van der Waals surface area contributed by atoms with Gasteiger partial charge >= 0.3 is 6.61 Å². The van der Waals surface area contributed by atoms with E-state index in [0.29, 0.717) is 17.2 Å². The lowest BCUT2D eigenvalue weighted by atomic mass is 10.3. The van der Waals surface area contributed by atoms with E-state index in [4.69, 9.17) is 5.73 Å². The number of nitrogens with two attached hydrogens (primary N) is 1. The summed E-state index contributed by atoms with van der Waals surface area (Å²) in [6.07, 6.45) is 0. The van der Waals surface area contributed by atoms with Crippen molar-refractivity contribution in [3.8, 4) is 5.75 Å². The van der Waals surface area contributed by atoms with Crippen LogP contribution in [0.15, 0.2) is 30.3 Å². The maximum atomic E-state index is 12.3. The maximum Gasteiger partial charge on any atom is 0.387 e. The summed E-state index contributed by atoms with van der Waals surface area (Å²) in [6.45, 7) is -1.13. The van der Waals surface area contributed by atoms with Gasteiger partial charge in [-0.3, -0.25) is 0 Å². The first-order valence-corrected chi connectivity index (χ1v) is 5.46. The summed E-state index contributed by atoms with van der Waals surface area (Å²) in [7, 11) is 0. The average molecular weight is 266 g/mol. The summed E-state index contributed by atoms with van der Waals surface area (Å²) >= 11 is 0. The molecule has 0 spiro atoms. The number of nitrogens with one attached hydrogen (secondary N) is 1. The van der Waals surface area contributed by atoms with Crippen molar-refractivity contribution < 1.29 is 13.5 Å². The fourth-order valence-electron chi connectivity index (χ4n) is 1.56. The molecular formula is C12H12F2N4O. The number of halogens is 2. The molecule has 0 atom stereocenters. The molecule has 0 aliphatic heterocycles. The molecule has 0 saturated heterocycles. The van der Waals surface area contributed by atoms with Crippen molar-refractivity contribution in [3.05, 3.63) is 36.0 Å². The van der Waals surface area contributed by atoms with Crippen molar-refractivity contribution in [2.45, 2.75) is 13.5 Å². The summed E-state index contributed by atoms with van der Waals surface area (Å²) in [5.41, 5.74) is 6.56. The Balaban J connectivity index is 2.27. The van der Waals surface area contributed by atoms with Gasteiger partial charge in [0.1, 0.15) is 11.6 Å². The summed E-state index contributed by atoms with van der Waals surface area (Å²) in [5, 5.41) is 2.87. The Kier molecular flexibility index (Phi) is 3.74. The second-order valence-electron chi connectivity index (χ2n) is 3.75. The molecule has 5 nitrogen and oxygen atoms in total. The molecule has 100 valence electrons. The SMILES string of the molecule is Cc1cc(Nc2ccccc2OC(F)F)nc(N)n1. The smallest absolute Gasteiger partial charge is 0.387 e. The highest BCUT2D eigenvalue weighted by molar-refractivity contribution is 5.64. The van der Waals surface area contributed by atoms with Crippen molar-refractivity contribution in [1.29, 1.82) is 0 Å². The zero-order chi connectivity index (χ0) is 13.8. The second-order valence-corrected chi connectivity index (χ2v) is 3.75. The van der Waals surface area contributed by atoms with E-state index in [1.54, 1.807) is 31.2 Å². The molecule has 0 amide bonds. The lowest BCUT2D eigenvalue weighted by molar-refractivity contribution is -0.0493. The van der Waals surface area contributed by atoms with Crippen LogP contribution in [0.2, 0.25) is 0 Å². The number of rotatable bonds is 4. The molecule has 2 rings (SSSR count). The lowest BCUT2D eigenvalue weighted by Crippen LogP contribution is -2.06. The predicted molar refractivity (Wildman–Crippen MR) is 67.5 cm³/mol. The van der Waals surface area contributed by atoms with Gasteiger partial charge in [-0.05, 0) is 19.1 Å². The van der Waals surface area contributed by atoms with Crippen molar-refractivity contribution in [3.63, 3.8) is 0 Å². The molecule has 1 heterocycles. The van der Waals surface area contributed by atoms with E-state index in [2.05, 4.69) is 20.0 Å². The van der Waals surface area contributed by atoms with Gasteiger partial charge in [-0.2, -0.15) is 13.8 Å². The summed E-state index contributed by atoms with van der Waals surface area (Å²) in [6, 6.07) is 7.98. The van der Waals surface area contributed by atoms with Crippen LogP contribution in [0.4, 0.5) is 26.2 Å². The summed E-state index contributed by atoms with van der Waals surface area (Å²) < 4.78 is 29.0. The van der Waals surface area contributed by atoms with Gasteiger partial charge in [0.05, 0.1) is 5.69 Å². The van der Waals surface area contributed by atoms with E-state index < -0.39 is 6.61 Å². The Morgan fingerprint density at radius 1 is 1.26 bits per heavy atom. The van der Waals surface area contributed by atoms with Crippen LogP contribution >= 0.6 is 0 Å². The molecule has 7 heteroatoms. The third-order valence-corrected chi connectivity index (χ3v) is 2.24. The number of aryl methyl sites for hydroxylation is 1. The van der Waals surface area contributed by atoms with Gasteiger partial charge in [-0.15, -0.1) is 0 Å². The second kappa shape index (κ2) is 5.47. The first-order chi connectivity index (χ1) is 9.04. The molecule has 1 aromatic heterocycles.